The second-order valence-corrected chi connectivity index (χ2v) is 9.01. The van der Waals surface area contributed by atoms with Crippen molar-refractivity contribution in [1.82, 2.24) is 0 Å². The first-order valence-corrected chi connectivity index (χ1v) is 12.2. The lowest BCUT2D eigenvalue weighted by atomic mass is 10.0. The maximum atomic E-state index is 12.9. The minimum absolute atomic E-state index is 0.0309. The second-order valence-electron chi connectivity index (χ2n) is 9.01. The van der Waals surface area contributed by atoms with Crippen LogP contribution in [-0.2, 0) is 9.47 Å². The highest BCUT2D eigenvalue weighted by Crippen LogP contribution is 2.30. The Labute approximate surface area is 227 Å². The molecule has 2 aliphatic rings. The Kier molecular flexibility index (Phi) is 6.83. The third kappa shape index (κ3) is 5.02. The summed E-state index contributed by atoms with van der Waals surface area (Å²) in [5.41, 5.74) is 0.742. The molecule has 40 heavy (non-hydrogen) atoms. The van der Waals surface area contributed by atoms with E-state index in [1.54, 1.807) is 0 Å². The van der Waals surface area contributed by atoms with E-state index in [1.807, 2.05) is 6.92 Å². The predicted molar refractivity (Wildman–Crippen MR) is 137 cm³/mol. The molecule has 200 valence electrons. The number of ketones is 1. The van der Waals surface area contributed by atoms with Crippen molar-refractivity contribution in [2.75, 3.05) is 0 Å². The van der Waals surface area contributed by atoms with Crippen molar-refractivity contribution in [2.45, 2.75) is 26.2 Å². The summed E-state index contributed by atoms with van der Waals surface area (Å²) < 4.78 is 20.4. The van der Waals surface area contributed by atoms with E-state index >= 15 is 0 Å². The topological polar surface area (TPSA) is 139 Å². The molecule has 10 nitrogen and oxygen atoms in total. The van der Waals surface area contributed by atoms with Gasteiger partial charge in [0.1, 0.15) is 17.3 Å². The van der Waals surface area contributed by atoms with Gasteiger partial charge < -0.3 is 18.9 Å². The molecule has 0 amide bonds. The second kappa shape index (κ2) is 10.4. The molecule has 0 aliphatic carbocycles. The Morgan fingerprint density at radius 3 is 1.80 bits per heavy atom. The number of carbonyl (C=O) groups is 6. The molecule has 3 aromatic carbocycles. The lowest BCUT2D eigenvalue weighted by Crippen LogP contribution is -2.12. The third-order valence-corrected chi connectivity index (χ3v) is 6.25. The molecule has 0 aromatic heterocycles. The summed E-state index contributed by atoms with van der Waals surface area (Å²) in [6, 6.07) is 12.0. The molecule has 0 atom stereocenters. The summed E-state index contributed by atoms with van der Waals surface area (Å²) >= 11 is 0. The molecule has 2 heterocycles. The largest absolute Gasteiger partial charge is 0.423 e. The van der Waals surface area contributed by atoms with Crippen LogP contribution in [0.15, 0.2) is 61.2 Å². The number of cyclic esters (lactones) is 3. The molecule has 0 saturated heterocycles. The van der Waals surface area contributed by atoms with Crippen LogP contribution in [0.25, 0.3) is 5.76 Å². The van der Waals surface area contributed by atoms with Gasteiger partial charge in [-0.1, -0.05) is 19.9 Å². The Hall–Kier alpha value is -5.38. The Bertz CT molecular complexity index is 1550. The monoisotopic (exact) mass is 540 g/mol. The highest BCUT2D eigenvalue weighted by atomic mass is 16.6. The highest BCUT2D eigenvalue weighted by molar-refractivity contribution is 6.15. The van der Waals surface area contributed by atoms with Crippen LogP contribution in [-0.4, -0.2) is 35.6 Å². The fourth-order valence-corrected chi connectivity index (χ4v) is 4.18. The zero-order valence-corrected chi connectivity index (χ0v) is 21.1. The van der Waals surface area contributed by atoms with E-state index in [1.165, 1.54) is 54.6 Å². The lowest BCUT2D eigenvalue weighted by molar-refractivity contribution is 0.0442. The van der Waals surface area contributed by atoms with Gasteiger partial charge in [0, 0.05) is 23.6 Å². The van der Waals surface area contributed by atoms with E-state index in [9.17, 15) is 28.8 Å². The summed E-state index contributed by atoms with van der Waals surface area (Å²) in [6.07, 6.45) is 1.62. The summed E-state index contributed by atoms with van der Waals surface area (Å²) in [6.45, 7) is 5.58. The van der Waals surface area contributed by atoms with Crippen LogP contribution in [0.5, 0.6) is 11.5 Å². The number of hydrogen-bond acceptors (Lipinski definition) is 10. The maximum absolute atomic E-state index is 12.9. The smallest absolute Gasteiger partial charge is 0.346 e. The highest BCUT2D eigenvalue weighted by Gasteiger charge is 2.31. The molecule has 0 bridgehead atoms. The summed E-state index contributed by atoms with van der Waals surface area (Å²) in [7, 11) is 0. The van der Waals surface area contributed by atoms with E-state index < -0.39 is 29.8 Å². The molecule has 0 unspecified atom stereocenters. The van der Waals surface area contributed by atoms with Crippen LogP contribution in [0.4, 0.5) is 0 Å². The molecule has 10 heteroatoms. The van der Waals surface area contributed by atoms with Crippen LogP contribution in [0.1, 0.15) is 93.9 Å². The molecule has 3 aromatic rings. The number of rotatable bonds is 8. The van der Waals surface area contributed by atoms with Crippen LogP contribution in [0.2, 0.25) is 0 Å². The molecule has 0 N–H and O–H groups in total. The molecular weight excluding hydrogens is 520 g/mol. The van der Waals surface area contributed by atoms with E-state index in [-0.39, 0.29) is 62.8 Å². The van der Waals surface area contributed by atoms with E-state index in [0.29, 0.717) is 12.0 Å². The van der Waals surface area contributed by atoms with Gasteiger partial charge in [-0.25, -0.2) is 24.0 Å². The van der Waals surface area contributed by atoms with Crippen molar-refractivity contribution in [2.24, 2.45) is 0 Å². The van der Waals surface area contributed by atoms with E-state index in [4.69, 9.17) is 14.2 Å². The molecule has 2 aliphatic heterocycles. The fraction of sp³-hybridized carbons (Fsp3) is 0.133. The SMILES string of the molecule is C=C1OC(=O)c2cc(C(=O)Oc3cc(OC(=O)c4ccc5c(c4)C(=O)OC5=O)cc(C(=O)CCCC)c3)ccc21. The normalized spacial score (nSPS) is 13.3. The van der Waals surface area contributed by atoms with E-state index in [2.05, 4.69) is 11.3 Å². The van der Waals surface area contributed by atoms with Gasteiger partial charge in [-0.2, -0.15) is 0 Å². The predicted octanol–water partition coefficient (Wildman–Crippen LogP) is 4.95. The fourth-order valence-electron chi connectivity index (χ4n) is 4.18. The average molecular weight is 540 g/mol. The summed E-state index contributed by atoms with van der Waals surface area (Å²) in [4.78, 5) is 74.1. The number of benzene rings is 3. The lowest BCUT2D eigenvalue weighted by Gasteiger charge is -2.11. The van der Waals surface area contributed by atoms with Gasteiger partial charge in [-0.3, -0.25) is 4.79 Å². The number of Topliss-reactive ketones (excluding diaryl/α,β-unsaturated/α-hetero) is 1. The van der Waals surface area contributed by atoms with Gasteiger partial charge in [-0.05, 0) is 55.0 Å². The van der Waals surface area contributed by atoms with Crippen LogP contribution in [0.3, 0.4) is 0 Å². The molecular formula is C30H20O10. The number of unbranched alkanes of at least 4 members (excludes halogenated alkanes) is 1. The molecule has 0 radical (unpaired) electrons. The zero-order valence-electron chi connectivity index (χ0n) is 21.1. The summed E-state index contributed by atoms with van der Waals surface area (Å²) in [5.74, 6) is -4.30. The Morgan fingerprint density at radius 2 is 1.20 bits per heavy atom. The van der Waals surface area contributed by atoms with Crippen LogP contribution >= 0.6 is 0 Å². The van der Waals surface area contributed by atoms with Gasteiger partial charge in [-0.15, -0.1) is 0 Å². The molecule has 0 spiro atoms. The van der Waals surface area contributed by atoms with E-state index in [0.717, 1.165) is 6.42 Å². The minimum Gasteiger partial charge on any atom is -0.423 e. The first-order chi connectivity index (χ1) is 19.1. The van der Waals surface area contributed by atoms with Crippen molar-refractivity contribution in [3.63, 3.8) is 0 Å². The van der Waals surface area contributed by atoms with Gasteiger partial charge in [0.05, 0.1) is 27.8 Å². The average Bonchev–Trinajstić information content (AvgIpc) is 3.39. The molecule has 0 saturated carbocycles. The third-order valence-electron chi connectivity index (χ3n) is 6.25. The van der Waals surface area contributed by atoms with Crippen molar-refractivity contribution in [1.29, 1.82) is 0 Å². The first kappa shape index (κ1) is 26.2. The van der Waals surface area contributed by atoms with Gasteiger partial charge in [0.2, 0.25) is 0 Å². The number of fused-ring (bicyclic) bond motifs is 2. The first-order valence-electron chi connectivity index (χ1n) is 12.2. The Balaban J connectivity index is 1.42. The minimum atomic E-state index is -0.886. The number of ether oxygens (including phenoxy) is 4. The van der Waals surface area contributed by atoms with Crippen molar-refractivity contribution >= 4 is 41.4 Å². The van der Waals surface area contributed by atoms with Gasteiger partial charge in [0.15, 0.2) is 5.78 Å². The van der Waals surface area contributed by atoms with Crippen molar-refractivity contribution < 1.29 is 47.7 Å². The number of carbonyl (C=O) groups excluding carboxylic acids is 6. The Morgan fingerprint density at radius 1 is 0.675 bits per heavy atom. The standard InChI is InChI=1S/C30H20O10/c1-3-4-5-25(31)18-10-19(38-26(32)16-6-8-21-15(2)37-29(35)23(21)12-16)14-20(11-18)39-27(33)17-7-9-22-24(13-17)30(36)40-28(22)34/h6-14H,2-5H2,1H3. The van der Waals surface area contributed by atoms with Crippen molar-refractivity contribution in [3.05, 3.63) is 100 Å². The number of esters is 5. The quantitative estimate of drug-likeness (QED) is 0.167. The molecule has 0 fully saturated rings. The van der Waals surface area contributed by atoms with Crippen LogP contribution in [0, 0.1) is 0 Å². The van der Waals surface area contributed by atoms with Crippen molar-refractivity contribution in [3.8, 4) is 11.5 Å². The molecule has 5 rings (SSSR count). The van der Waals surface area contributed by atoms with Gasteiger partial charge in [0.25, 0.3) is 0 Å². The summed E-state index contributed by atoms with van der Waals surface area (Å²) in [5, 5.41) is 0. The number of hydrogen-bond donors (Lipinski definition) is 0. The van der Waals surface area contributed by atoms with Crippen LogP contribution < -0.4 is 9.47 Å². The zero-order chi connectivity index (χ0) is 28.6. The van der Waals surface area contributed by atoms with Gasteiger partial charge >= 0.3 is 29.8 Å². The maximum Gasteiger partial charge on any atom is 0.346 e.